The number of nitrogens with one attached hydrogen (secondary N) is 1. The number of esters is 1. The van der Waals surface area contributed by atoms with Crippen LogP contribution in [-0.4, -0.2) is 47.6 Å². The van der Waals surface area contributed by atoms with Crippen molar-refractivity contribution in [3.05, 3.63) is 95.1 Å². The molecule has 204 valence electrons. The van der Waals surface area contributed by atoms with E-state index in [1.165, 1.54) is 0 Å². The molecular weight excluding hydrogens is 482 g/mol. The molecule has 0 aromatic heterocycles. The van der Waals surface area contributed by atoms with E-state index < -0.39 is 17.6 Å². The van der Waals surface area contributed by atoms with Gasteiger partial charge in [-0.2, -0.15) is 0 Å². The summed E-state index contributed by atoms with van der Waals surface area (Å²) in [5.74, 6) is 0.443. The van der Waals surface area contributed by atoms with Gasteiger partial charge in [-0.1, -0.05) is 74.5 Å². The summed E-state index contributed by atoms with van der Waals surface area (Å²) in [4.78, 5) is 13.2. The van der Waals surface area contributed by atoms with Gasteiger partial charge >= 0.3 is 5.97 Å². The summed E-state index contributed by atoms with van der Waals surface area (Å²) in [6, 6.07) is 23.1. The highest BCUT2D eigenvalue weighted by Crippen LogP contribution is 2.36. The average Bonchev–Trinajstić information content (AvgIpc) is 2.93. The topological polar surface area (TPSA) is 97.3 Å². The van der Waals surface area contributed by atoms with Gasteiger partial charge in [0.1, 0.15) is 25.9 Å². The van der Waals surface area contributed by atoms with E-state index in [4.69, 9.17) is 14.2 Å². The van der Waals surface area contributed by atoms with Crippen LogP contribution in [0.3, 0.4) is 0 Å². The fraction of sp³-hybridized carbons (Fsp3) is 0.387. The third kappa shape index (κ3) is 8.87. The predicted octanol–water partition coefficient (Wildman–Crippen LogP) is 4.85. The van der Waals surface area contributed by atoms with Crippen LogP contribution in [0.4, 0.5) is 0 Å². The highest BCUT2D eigenvalue weighted by molar-refractivity contribution is 5.92. The zero-order valence-electron chi connectivity index (χ0n) is 22.6. The molecule has 3 aromatic carbocycles. The number of ether oxygens (including phenoxy) is 3. The lowest BCUT2D eigenvalue weighted by molar-refractivity contribution is 0.0232. The number of rotatable bonds is 14. The summed E-state index contributed by atoms with van der Waals surface area (Å²) in [6.45, 7) is 8.20. The number of carbonyl (C=O) groups is 1. The van der Waals surface area contributed by atoms with Crippen LogP contribution < -0.4 is 14.8 Å². The van der Waals surface area contributed by atoms with Crippen molar-refractivity contribution in [1.29, 1.82) is 0 Å². The molecule has 0 saturated carbocycles. The minimum absolute atomic E-state index is 0.0109. The number of carbonyl (C=O) groups excluding carboxylic acids is 1. The Morgan fingerprint density at radius 3 is 1.92 bits per heavy atom. The SMILES string of the molecule is CC(C)c1cc(OCc2ccccc2)c(OCc2ccccc2)cc1C(=O)OC[C@@H](O)CNC(C)(C)CO. The van der Waals surface area contributed by atoms with Gasteiger partial charge in [0.2, 0.25) is 0 Å². The molecule has 0 saturated heterocycles. The van der Waals surface area contributed by atoms with Crippen LogP contribution in [0.5, 0.6) is 11.5 Å². The van der Waals surface area contributed by atoms with Crippen LogP contribution in [0.15, 0.2) is 72.8 Å². The fourth-order valence-corrected chi connectivity index (χ4v) is 3.68. The minimum atomic E-state index is -0.922. The number of aliphatic hydroxyl groups is 2. The van der Waals surface area contributed by atoms with E-state index >= 15 is 0 Å². The number of β-amino-alcohol motifs (C(OH)–C–C–N with tert-alkyl or cyclic N) is 1. The molecule has 0 amide bonds. The molecule has 0 bridgehead atoms. The molecule has 0 spiro atoms. The van der Waals surface area contributed by atoms with E-state index in [1.54, 1.807) is 6.07 Å². The zero-order chi connectivity index (χ0) is 27.5. The lowest BCUT2D eigenvalue weighted by atomic mass is 9.96. The lowest BCUT2D eigenvalue weighted by Crippen LogP contribution is -2.47. The molecule has 7 nitrogen and oxygen atoms in total. The second kappa shape index (κ2) is 14.0. The Morgan fingerprint density at radius 1 is 0.895 bits per heavy atom. The second-order valence-corrected chi connectivity index (χ2v) is 10.3. The molecule has 0 heterocycles. The molecule has 1 atom stereocenters. The second-order valence-electron chi connectivity index (χ2n) is 10.3. The molecule has 0 aliphatic carbocycles. The van der Waals surface area contributed by atoms with Crippen molar-refractivity contribution >= 4 is 5.97 Å². The van der Waals surface area contributed by atoms with Crippen LogP contribution in [-0.2, 0) is 18.0 Å². The Balaban J connectivity index is 1.81. The monoisotopic (exact) mass is 521 g/mol. The van der Waals surface area contributed by atoms with E-state index in [0.717, 1.165) is 16.7 Å². The van der Waals surface area contributed by atoms with E-state index in [0.29, 0.717) is 30.3 Å². The molecule has 3 N–H and O–H groups in total. The van der Waals surface area contributed by atoms with Crippen molar-refractivity contribution in [3.63, 3.8) is 0 Å². The van der Waals surface area contributed by atoms with Gasteiger partial charge in [0.05, 0.1) is 12.2 Å². The van der Waals surface area contributed by atoms with Crippen LogP contribution in [0.2, 0.25) is 0 Å². The van der Waals surface area contributed by atoms with Crippen molar-refractivity contribution < 1.29 is 29.2 Å². The number of hydrogen-bond acceptors (Lipinski definition) is 7. The Morgan fingerprint density at radius 2 is 1.42 bits per heavy atom. The van der Waals surface area contributed by atoms with Crippen LogP contribution in [0, 0.1) is 0 Å². The van der Waals surface area contributed by atoms with Gasteiger partial charge in [-0.15, -0.1) is 0 Å². The summed E-state index contributed by atoms with van der Waals surface area (Å²) in [7, 11) is 0. The highest BCUT2D eigenvalue weighted by atomic mass is 16.5. The summed E-state index contributed by atoms with van der Waals surface area (Å²) in [6.07, 6.45) is -0.922. The molecule has 3 aromatic rings. The van der Waals surface area contributed by atoms with Crippen molar-refractivity contribution in [2.75, 3.05) is 19.8 Å². The van der Waals surface area contributed by atoms with Crippen LogP contribution in [0.25, 0.3) is 0 Å². The Kier molecular flexibility index (Phi) is 10.7. The molecular formula is C31H39NO6. The maximum Gasteiger partial charge on any atom is 0.338 e. The zero-order valence-corrected chi connectivity index (χ0v) is 22.6. The van der Waals surface area contributed by atoms with E-state index in [2.05, 4.69) is 5.32 Å². The standard InChI is InChI=1S/C31H39NO6/c1-22(2)26-15-28(36-18-23-11-7-5-8-12-23)29(37-19-24-13-9-6-10-14-24)16-27(26)30(35)38-20-25(34)17-32-31(3,4)21-33/h5-16,22,25,32-34H,17-21H2,1-4H3/t25-/m0/s1. The first kappa shape index (κ1) is 29.2. The summed E-state index contributed by atoms with van der Waals surface area (Å²) < 4.78 is 17.8. The smallest absolute Gasteiger partial charge is 0.338 e. The maximum atomic E-state index is 13.2. The van der Waals surface area contributed by atoms with Crippen molar-refractivity contribution in [1.82, 2.24) is 5.32 Å². The van der Waals surface area contributed by atoms with Gasteiger partial charge in [-0.3, -0.25) is 0 Å². The molecule has 0 radical (unpaired) electrons. The molecule has 0 aliphatic heterocycles. The maximum absolute atomic E-state index is 13.2. The quantitative estimate of drug-likeness (QED) is 0.261. The van der Waals surface area contributed by atoms with Gasteiger partial charge < -0.3 is 29.7 Å². The predicted molar refractivity (Wildman–Crippen MR) is 148 cm³/mol. The summed E-state index contributed by atoms with van der Waals surface area (Å²) >= 11 is 0. The molecule has 0 fully saturated rings. The first-order valence-corrected chi connectivity index (χ1v) is 12.9. The Hall–Kier alpha value is -3.39. The van der Waals surface area contributed by atoms with Crippen molar-refractivity contribution in [3.8, 4) is 11.5 Å². The number of hydrogen-bond donors (Lipinski definition) is 3. The Labute approximate surface area is 225 Å². The van der Waals surface area contributed by atoms with Gasteiger partial charge in [-0.25, -0.2) is 4.79 Å². The number of aliphatic hydroxyl groups excluding tert-OH is 2. The lowest BCUT2D eigenvalue weighted by Gasteiger charge is -2.25. The van der Waals surface area contributed by atoms with Crippen LogP contribution >= 0.6 is 0 Å². The largest absolute Gasteiger partial charge is 0.485 e. The van der Waals surface area contributed by atoms with Crippen molar-refractivity contribution in [2.24, 2.45) is 0 Å². The molecule has 0 unspecified atom stereocenters. The molecule has 38 heavy (non-hydrogen) atoms. The first-order chi connectivity index (χ1) is 18.2. The third-order valence-electron chi connectivity index (χ3n) is 6.05. The first-order valence-electron chi connectivity index (χ1n) is 12.9. The third-order valence-corrected chi connectivity index (χ3v) is 6.05. The minimum Gasteiger partial charge on any atom is -0.485 e. The van der Waals surface area contributed by atoms with E-state index in [9.17, 15) is 15.0 Å². The Bertz CT molecular complexity index is 1150. The fourth-order valence-electron chi connectivity index (χ4n) is 3.68. The van der Waals surface area contributed by atoms with E-state index in [1.807, 2.05) is 94.4 Å². The normalized spacial score (nSPS) is 12.3. The van der Waals surface area contributed by atoms with Gasteiger partial charge in [0, 0.05) is 12.1 Å². The number of benzene rings is 3. The van der Waals surface area contributed by atoms with E-state index in [-0.39, 0.29) is 25.7 Å². The highest BCUT2D eigenvalue weighted by Gasteiger charge is 2.23. The molecule has 0 aliphatic rings. The summed E-state index contributed by atoms with van der Waals surface area (Å²) in [5, 5.41) is 22.7. The molecule has 7 heteroatoms. The van der Waals surface area contributed by atoms with Crippen LogP contribution in [0.1, 0.15) is 60.7 Å². The van der Waals surface area contributed by atoms with Gasteiger partial charge in [0.25, 0.3) is 0 Å². The average molecular weight is 522 g/mol. The van der Waals surface area contributed by atoms with Crippen molar-refractivity contribution in [2.45, 2.75) is 58.5 Å². The van der Waals surface area contributed by atoms with Gasteiger partial charge in [0.15, 0.2) is 11.5 Å². The summed E-state index contributed by atoms with van der Waals surface area (Å²) in [5.41, 5.74) is 2.59. The van der Waals surface area contributed by atoms with Gasteiger partial charge in [-0.05, 0) is 48.6 Å². The molecule has 3 rings (SSSR count).